The first-order valence-corrected chi connectivity index (χ1v) is 13.1. The van der Waals surface area contributed by atoms with Crippen molar-refractivity contribution in [2.45, 2.75) is 66.0 Å². The van der Waals surface area contributed by atoms with Gasteiger partial charge in [-0.15, -0.1) is 6.42 Å². The molecular weight excluding hydrogens is 442 g/mol. The number of hydrogen-bond donors (Lipinski definition) is 1. The zero-order valence-electron chi connectivity index (χ0n) is 22.2. The summed E-state index contributed by atoms with van der Waals surface area (Å²) in [6, 6.07) is 15.2. The Kier molecular flexibility index (Phi) is 8.28. The van der Waals surface area contributed by atoms with Gasteiger partial charge in [-0.2, -0.15) is 0 Å². The summed E-state index contributed by atoms with van der Waals surface area (Å²) in [7, 11) is 2.00. The van der Waals surface area contributed by atoms with Gasteiger partial charge < -0.3 is 14.5 Å². The van der Waals surface area contributed by atoms with Gasteiger partial charge in [0.15, 0.2) is 11.6 Å². The molecule has 2 aromatic carbocycles. The fourth-order valence-electron chi connectivity index (χ4n) is 4.80. The van der Waals surface area contributed by atoms with Gasteiger partial charge in [-0.25, -0.2) is 9.97 Å². The van der Waals surface area contributed by atoms with Crippen molar-refractivity contribution in [3.8, 4) is 35.1 Å². The van der Waals surface area contributed by atoms with Crippen LogP contribution in [0.2, 0.25) is 0 Å². The molecule has 0 aliphatic heterocycles. The van der Waals surface area contributed by atoms with Gasteiger partial charge in [0.1, 0.15) is 5.69 Å². The molecule has 0 atom stereocenters. The van der Waals surface area contributed by atoms with Gasteiger partial charge >= 0.3 is 0 Å². The van der Waals surface area contributed by atoms with Crippen LogP contribution in [0.3, 0.4) is 0 Å². The highest BCUT2D eigenvalue weighted by molar-refractivity contribution is 5.87. The first kappa shape index (κ1) is 25.7. The molecule has 0 saturated heterocycles. The molecule has 0 aliphatic carbocycles. The minimum Gasteiger partial charge on any atom is -0.323 e. The zero-order chi connectivity index (χ0) is 25.5. The predicted molar refractivity (Wildman–Crippen MR) is 151 cm³/mol. The van der Waals surface area contributed by atoms with E-state index in [0.29, 0.717) is 5.82 Å². The molecule has 0 saturated carbocycles. The number of nitrogens with one attached hydrogen (secondary N) is 1. The minimum atomic E-state index is 0.287. The lowest BCUT2D eigenvalue weighted by Crippen LogP contribution is -2.11. The third-order valence-corrected chi connectivity index (χ3v) is 6.73. The first-order chi connectivity index (χ1) is 17.4. The van der Waals surface area contributed by atoms with E-state index in [4.69, 9.17) is 11.4 Å². The highest BCUT2D eigenvalue weighted by Gasteiger charge is 2.20. The highest BCUT2D eigenvalue weighted by Crippen LogP contribution is 2.31. The summed E-state index contributed by atoms with van der Waals surface area (Å²) in [6.45, 7) is 9.68. The lowest BCUT2D eigenvalue weighted by atomic mass is 9.90. The van der Waals surface area contributed by atoms with E-state index in [0.717, 1.165) is 69.0 Å². The van der Waals surface area contributed by atoms with Crippen molar-refractivity contribution in [3.63, 3.8) is 0 Å². The average Bonchev–Trinajstić information content (AvgIpc) is 3.46. The summed E-state index contributed by atoms with van der Waals surface area (Å²) in [5, 5.41) is 5.71. The Morgan fingerprint density at radius 1 is 0.861 bits per heavy atom. The van der Waals surface area contributed by atoms with Crippen LogP contribution in [-0.2, 0) is 13.1 Å². The van der Waals surface area contributed by atoms with E-state index in [2.05, 4.69) is 88.6 Å². The van der Waals surface area contributed by atoms with E-state index in [9.17, 15) is 0 Å². The number of imidazole rings is 2. The molecule has 0 unspecified atom stereocenters. The molecule has 5 heteroatoms. The maximum Gasteiger partial charge on any atom is 0.185 e. The number of terminal acetylenes is 1. The third kappa shape index (κ3) is 6.06. The molecule has 0 spiro atoms. The maximum absolute atomic E-state index is 5.84. The molecule has 0 bridgehead atoms. The van der Waals surface area contributed by atoms with E-state index in [1.165, 1.54) is 16.3 Å². The normalized spacial score (nSPS) is 11.8. The van der Waals surface area contributed by atoms with Crippen molar-refractivity contribution in [2.24, 2.45) is 5.41 Å². The molecule has 0 amide bonds. The molecule has 36 heavy (non-hydrogen) atoms. The van der Waals surface area contributed by atoms with Crippen molar-refractivity contribution < 1.29 is 0 Å². The number of aromatic nitrogens is 4. The fourth-order valence-corrected chi connectivity index (χ4v) is 4.80. The van der Waals surface area contributed by atoms with E-state index < -0.39 is 0 Å². The van der Waals surface area contributed by atoms with Gasteiger partial charge in [-0.3, -0.25) is 0 Å². The van der Waals surface area contributed by atoms with Crippen LogP contribution in [0.4, 0.5) is 0 Å². The van der Waals surface area contributed by atoms with Crippen LogP contribution in [0, 0.1) is 17.8 Å². The van der Waals surface area contributed by atoms with Crippen LogP contribution in [-0.4, -0.2) is 32.7 Å². The number of benzene rings is 2. The van der Waals surface area contributed by atoms with E-state index in [-0.39, 0.29) is 5.41 Å². The molecule has 2 heterocycles. The zero-order valence-corrected chi connectivity index (χ0v) is 22.2. The summed E-state index contributed by atoms with van der Waals surface area (Å²) >= 11 is 0. The standard InChI is InChI=1S/C31H39N5/c1-6-29-33-23-28(35(29)19-11-7-10-18-32-5)30-34-22-27(36(30)20-12-17-31(2,3)4)26-16-15-24-13-8-9-14-25(24)21-26/h1,8-9,13-16,21-23,32H,7,10-12,17-20H2,2-5H3. The van der Waals surface area contributed by atoms with Crippen molar-refractivity contribution in [3.05, 3.63) is 60.7 Å². The smallest absolute Gasteiger partial charge is 0.185 e. The van der Waals surface area contributed by atoms with Crippen LogP contribution >= 0.6 is 0 Å². The SMILES string of the molecule is C#Cc1ncc(-c2ncc(-c3ccc4ccccc4c3)n2CCCC(C)(C)C)n1CCCCCNC. The lowest BCUT2D eigenvalue weighted by molar-refractivity contribution is 0.354. The molecule has 0 fully saturated rings. The maximum atomic E-state index is 5.84. The van der Waals surface area contributed by atoms with Crippen molar-refractivity contribution >= 4 is 10.8 Å². The van der Waals surface area contributed by atoms with Gasteiger partial charge in [0.2, 0.25) is 0 Å². The average molecular weight is 482 g/mol. The molecular formula is C31H39N5. The Bertz CT molecular complexity index is 1330. The second kappa shape index (κ2) is 11.6. The van der Waals surface area contributed by atoms with E-state index in [1.807, 2.05) is 19.4 Å². The summed E-state index contributed by atoms with van der Waals surface area (Å²) in [6.07, 6.45) is 15.3. The van der Waals surface area contributed by atoms with Crippen LogP contribution in [0.1, 0.15) is 58.7 Å². The van der Waals surface area contributed by atoms with Crippen molar-refractivity contribution in [2.75, 3.05) is 13.6 Å². The van der Waals surface area contributed by atoms with Crippen molar-refractivity contribution in [1.82, 2.24) is 24.4 Å². The summed E-state index contributed by atoms with van der Waals surface area (Å²) in [4.78, 5) is 9.52. The first-order valence-electron chi connectivity index (χ1n) is 13.1. The van der Waals surface area contributed by atoms with E-state index in [1.54, 1.807) is 0 Å². The predicted octanol–water partition coefficient (Wildman–Crippen LogP) is 6.76. The molecule has 0 radical (unpaired) electrons. The number of nitrogens with zero attached hydrogens (tertiary/aromatic N) is 4. The number of fused-ring (bicyclic) bond motifs is 1. The highest BCUT2D eigenvalue weighted by atomic mass is 15.2. The van der Waals surface area contributed by atoms with Gasteiger partial charge in [-0.1, -0.05) is 63.6 Å². The van der Waals surface area contributed by atoms with Gasteiger partial charge in [0.05, 0.1) is 18.1 Å². The third-order valence-electron chi connectivity index (χ3n) is 6.73. The minimum absolute atomic E-state index is 0.287. The Morgan fingerprint density at radius 3 is 2.36 bits per heavy atom. The molecule has 0 aliphatic rings. The summed E-state index contributed by atoms with van der Waals surface area (Å²) in [5.74, 6) is 4.40. The topological polar surface area (TPSA) is 47.7 Å². The Balaban J connectivity index is 1.72. The van der Waals surface area contributed by atoms with Crippen LogP contribution < -0.4 is 5.32 Å². The quantitative estimate of drug-likeness (QED) is 0.190. The van der Waals surface area contributed by atoms with Crippen LogP contribution in [0.25, 0.3) is 33.5 Å². The van der Waals surface area contributed by atoms with E-state index >= 15 is 0 Å². The van der Waals surface area contributed by atoms with Gasteiger partial charge in [0, 0.05) is 18.7 Å². The number of rotatable bonds is 11. The fraction of sp³-hybridized carbons (Fsp3) is 0.419. The van der Waals surface area contributed by atoms with Crippen LogP contribution in [0.15, 0.2) is 54.9 Å². The van der Waals surface area contributed by atoms with Gasteiger partial charge in [-0.05, 0) is 67.4 Å². The van der Waals surface area contributed by atoms with Gasteiger partial charge in [0.25, 0.3) is 0 Å². The molecule has 4 aromatic rings. The Morgan fingerprint density at radius 2 is 1.61 bits per heavy atom. The molecule has 188 valence electrons. The summed E-state index contributed by atoms with van der Waals surface area (Å²) in [5.41, 5.74) is 3.60. The second-order valence-electron chi connectivity index (χ2n) is 10.8. The molecule has 1 N–H and O–H groups in total. The largest absolute Gasteiger partial charge is 0.323 e. The molecule has 5 nitrogen and oxygen atoms in total. The second-order valence-corrected chi connectivity index (χ2v) is 10.8. The van der Waals surface area contributed by atoms with Crippen LogP contribution in [0.5, 0.6) is 0 Å². The Labute approximate surface area is 216 Å². The lowest BCUT2D eigenvalue weighted by Gasteiger charge is -2.20. The molecule has 2 aromatic heterocycles. The summed E-state index contributed by atoms with van der Waals surface area (Å²) < 4.78 is 4.54. The monoisotopic (exact) mass is 481 g/mol. The van der Waals surface area contributed by atoms with Crippen molar-refractivity contribution in [1.29, 1.82) is 0 Å². The number of hydrogen-bond acceptors (Lipinski definition) is 3. The molecule has 4 rings (SSSR count). The number of unbranched alkanes of at least 4 members (excludes halogenated alkanes) is 2. The Hall–Kier alpha value is -3.36.